The Bertz CT molecular complexity index is 767. The van der Waals surface area contributed by atoms with E-state index in [1.165, 1.54) is 4.90 Å². The van der Waals surface area contributed by atoms with Gasteiger partial charge in [0, 0.05) is 22.0 Å². The first-order valence-corrected chi connectivity index (χ1v) is 9.55. The summed E-state index contributed by atoms with van der Waals surface area (Å²) in [5.41, 5.74) is 3.26. The summed E-state index contributed by atoms with van der Waals surface area (Å²) in [6, 6.07) is 24.8. The van der Waals surface area contributed by atoms with Crippen LogP contribution in [0.5, 0.6) is 11.5 Å². The Balaban J connectivity index is 2.01. The van der Waals surface area contributed by atoms with Gasteiger partial charge >= 0.3 is 0 Å². The van der Waals surface area contributed by atoms with Crippen molar-refractivity contribution in [2.75, 3.05) is 24.9 Å². The Morgan fingerprint density at radius 2 is 1.04 bits per heavy atom. The van der Waals surface area contributed by atoms with Crippen LogP contribution in [0, 0.1) is 0 Å². The summed E-state index contributed by atoms with van der Waals surface area (Å²) in [5.74, 6) is 2.76. The minimum atomic E-state index is 0.845. The molecule has 3 aromatic carbocycles. The van der Waals surface area contributed by atoms with Crippen LogP contribution in [0.1, 0.15) is 6.92 Å². The SMILES string of the molecule is CCSc1ccc(N(c2ccc(OC)cc2)c2ccc(OC)cc2)cc1. The van der Waals surface area contributed by atoms with Crippen molar-refractivity contribution < 1.29 is 9.47 Å². The molecule has 0 aliphatic rings. The van der Waals surface area contributed by atoms with Crippen LogP contribution in [-0.4, -0.2) is 20.0 Å². The van der Waals surface area contributed by atoms with Crippen LogP contribution < -0.4 is 14.4 Å². The third kappa shape index (κ3) is 4.14. The van der Waals surface area contributed by atoms with Crippen molar-refractivity contribution in [3.05, 3.63) is 72.8 Å². The third-order valence-electron chi connectivity index (χ3n) is 4.07. The van der Waals surface area contributed by atoms with Gasteiger partial charge in [-0.15, -0.1) is 11.8 Å². The first-order valence-electron chi connectivity index (χ1n) is 8.56. The number of hydrogen-bond donors (Lipinski definition) is 0. The van der Waals surface area contributed by atoms with Gasteiger partial charge in [0.2, 0.25) is 0 Å². The number of thioether (sulfide) groups is 1. The van der Waals surface area contributed by atoms with Gasteiger partial charge < -0.3 is 14.4 Å². The summed E-state index contributed by atoms with van der Waals surface area (Å²) >= 11 is 1.85. The smallest absolute Gasteiger partial charge is 0.119 e. The Morgan fingerprint density at radius 3 is 1.38 bits per heavy atom. The van der Waals surface area contributed by atoms with Gasteiger partial charge in [0.15, 0.2) is 0 Å². The van der Waals surface area contributed by atoms with E-state index in [0.29, 0.717) is 0 Å². The second-order valence-corrected chi connectivity index (χ2v) is 7.00. The molecule has 0 aromatic heterocycles. The second kappa shape index (κ2) is 8.68. The number of anilines is 3. The molecule has 0 fully saturated rings. The number of hydrogen-bond acceptors (Lipinski definition) is 4. The van der Waals surface area contributed by atoms with E-state index in [4.69, 9.17) is 9.47 Å². The lowest BCUT2D eigenvalue weighted by Gasteiger charge is -2.26. The molecule has 134 valence electrons. The standard InChI is InChI=1S/C22H23NO2S/c1-4-26-22-15-9-19(10-16-22)23(17-5-11-20(24-2)12-6-17)18-7-13-21(25-3)14-8-18/h5-16H,4H2,1-3H3. The van der Waals surface area contributed by atoms with Crippen molar-refractivity contribution in [2.45, 2.75) is 11.8 Å². The summed E-state index contributed by atoms with van der Waals surface area (Å²) in [4.78, 5) is 3.50. The van der Waals surface area contributed by atoms with E-state index in [1.54, 1.807) is 14.2 Å². The highest BCUT2D eigenvalue weighted by Crippen LogP contribution is 2.36. The van der Waals surface area contributed by atoms with Crippen LogP contribution >= 0.6 is 11.8 Å². The topological polar surface area (TPSA) is 21.7 Å². The molecule has 3 aromatic rings. The zero-order chi connectivity index (χ0) is 18.4. The number of rotatable bonds is 7. The first kappa shape index (κ1) is 18.2. The molecule has 0 aliphatic heterocycles. The molecule has 4 heteroatoms. The minimum absolute atomic E-state index is 0.845. The maximum Gasteiger partial charge on any atom is 0.119 e. The summed E-state index contributed by atoms with van der Waals surface area (Å²) in [6.45, 7) is 2.17. The zero-order valence-corrected chi connectivity index (χ0v) is 16.1. The Hall–Kier alpha value is -2.59. The lowest BCUT2D eigenvalue weighted by Crippen LogP contribution is -2.09. The lowest BCUT2D eigenvalue weighted by molar-refractivity contribution is 0.415. The van der Waals surface area contributed by atoms with Crippen molar-refractivity contribution in [3.8, 4) is 11.5 Å². The van der Waals surface area contributed by atoms with E-state index in [1.807, 2.05) is 36.0 Å². The van der Waals surface area contributed by atoms with Gasteiger partial charge in [0.1, 0.15) is 11.5 Å². The minimum Gasteiger partial charge on any atom is -0.497 e. The largest absolute Gasteiger partial charge is 0.497 e. The average molecular weight is 365 g/mol. The van der Waals surface area contributed by atoms with Crippen LogP contribution in [0.25, 0.3) is 0 Å². The molecule has 0 heterocycles. The highest BCUT2D eigenvalue weighted by molar-refractivity contribution is 7.99. The number of methoxy groups -OCH3 is 2. The fourth-order valence-corrected chi connectivity index (χ4v) is 3.43. The van der Waals surface area contributed by atoms with Crippen molar-refractivity contribution >= 4 is 28.8 Å². The van der Waals surface area contributed by atoms with E-state index in [0.717, 1.165) is 34.3 Å². The maximum atomic E-state index is 5.30. The fourth-order valence-electron chi connectivity index (χ4n) is 2.77. The summed E-state index contributed by atoms with van der Waals surface area (Å²) in [5, 5.41) is 0. The molecule has 26 heavy (non-hydrogen) atoms. The zero-order valence-electron chi connectivity index (χ0n) is 15.3. The van der Waals surface area contributed by atoms with Crippen molar-refractivity contribution in [1.29, 1.82) is 0 Å². The third-order valence-corrected chi connectivity index (χ3v) is 4.96. The molecule has 3 nitrogen and oxygen atoms in total. The van der Waals surface area contributed by atoms with Crippen LogP contribution in [0.2, 0.25) is 0 Å². The molecule has 0 radical (unpaired) electrons. The molecular weight excluding hydrogens is 342 g/mol. The van der Waals surface area contributed by atoms with Crippen molar-refractivity contribution in [3.63, 3.8) is 0 Å². The van der Waals surface area contributed by atoms with Crippen LogP contribution in [0.3, 0.4) is 0 Å². The van der Waals surface area contributed by atoms with Gasteiger partial charge in [-0.1, -0.05) is 6.92 Å². The molecule has 0 saturated carbocycles. The summed E-state index contributed by atoms with van der Waals surface area (Å²) in [6.07, 6.45) is 0. The van der Waals surface area contributed by atoms with Gasteiger partial charge in [-0.05, 0) is 78.5 Å². The molecule has 0 aliphatic carbocycles. The maximum absolute atomic E-state index is 5.30. The number of nitrogens with zero attached hydrogens (tertiary/aromatic N) is 1. The van der Waals surface area contributed by atoms with E-state index >= 15 is 0 Å². The van der Waals surface area contributed by atoms with Gasteiger partial charge in [-0.2, -0.15) is 0 Å². The quantitative estimate of drug-likeness (QED) is 0.459. The fraction of sp³-hybridized carbons (Fsp3) is 0.182. The lowest BCUT2D eigenvalue weighted by atomic mass is 10.2. The average Bonchev–Trinajstić information content (AvgIpc) is 2.71. The second-order valence-electron chi connectivity index (χ2n) is 5.66. The van der Waals surface area contributed by atoms with Crippen LogP contribution in [-0.2, 0) is 0 Å². The normalized spacial score (nSPS) is 10.4. The number of benzene rings is 3. The predicted molar refractivity (Wildman–Crippen MR) is 111 cm³/mol. The molecule has 0 spiro atoms. The van der Waals surface area contributed by atoms with E-state index in [9.17, 15) is 0 Å². The van der Waals surface area contributed by atoms with Crippen LogP contribution in [0.15, 0.2) is 77.7 Å². The Labute approximate surface area is 159 Å². The van der Waals surface area contributed by atoms with Gasteiger partial charge in [-0.25, -0.2) is 0 Å². The molecule has 0 N–H and O–H groups in total. The van der Waals surface area contributed by atoms with Gasteiger partial charge in [0.25, 0.3) is 0 Å². The Morgan fingerprint density at radius 1 is 0.654 bits per heavy atom. The van der Waals surface area contributed by atoms with Crippen molar-refractivity contribution in [2.24, 2.45) is 0 Å². The highest BCUT2D eigenvalue weighted by Gasteiger charge is 2.13. The molecular formula is C22H23NO2S. The predicted octanol–water partition coefficient (Wildman–Crippen LogP) is 6.29. The summed E-state index contributed by atoms with van der Waals surface area (Å²) in [7, 11) is 3.36. The Kier molecular flexibility index (Phi) is 6.08. The summed E-state index contributed by atoms with van der Waals surface area (Å²) < 4.78 is 10.6. The van der Waals surface area contributed by atoms with E-state index in [2.05, 4.69) is 60.4 Å². The monoisotopic (exact) mass is 365 g/mol. The molecule has 0 bridgehead atoms. The van der Waals surface area contributed by atoms with Crippen molar-refractivity contribution in [1.82, 2.24) is 0 Å². The van der Waals surface area contributed by atoms with E-state index in [-0.39, 0.29) is 0 Å². The van der Waals surface area contributed by atoms with E-state index < -0.39 is 0 Å². The molecule has 0 amide bonds. The molecule has 3 rings (SSSR count). The highest BCUT2D eigenvalue weighted by atomic mass is 32.2. The van der Waals surface area contributed by atoms with Gasteiger partial charge in [0.05, 0.1) is 14.2 Å². The molecule has 0 atom stereocenters. The van der Waals surface area contributed by atoms with Gasteiger partial charge in [-0.3, -0.25) is 0 Å². The first-order chi connectivity index (χ1) is 12.7. The number of ether oxygens (including phenoxy) is 2. The van der Waals surface area contributed by atoms with Crippen LogP contribution in [0.4, 0.5) is 17.1 Å². The molecule has 0 saturated heterocycles. The molecule has 0 unspecified atom stereocenters.